The number of nitro benzene ring substituents is 1. The standard InChI is InChI=1S/C11H13N5O2/c1-15-8-13-11(14-15)7-12-6-9-2-4-10(5-3-9)16(17)18/h2-5,8,12H,6-7H2,1H3. The van der Waals surface area contributed by atoms with E-state index in [4.69, 9.17) is 0 Å². The SMILES string of the molecule is Cn1cnc(CNCc2ccc([N+](=O)[O-])cc2)n1. The normalized spacial score (nSPS) is 10.5. The molecule has 0 amide bonds. The quantitative estimate of drug-likeness (QED) is 0.629. The molecule has 0 aliphatic heterocycles. The summed E-state index contributed by atoms with van der Waals surface area (Å²) in [5.41, 5.74) is 1.08. The van der Waals surface area contributed by atoms with Crippen LogP contribution in [0.2, 0.25) is 0 Å². The Labute approximate surface area is 104 Å². The van der Waals surface area contributed by atoms with Crippen molar-refractivity contribution in [2.24, 2.45) is 7.05 Å². The molecule has 0 atom stereocenters. The number of nitro groups is 1. The Morgan fingerprint density at radius 2 is 2.06 bits per heavy atom. The minimum absolute atomic E-state index is 0.102. The molecule has 1 aromatic carbocycles. The number of nitrogens with zero attached hydrogens (tertiary/aromatic N) is 4. The van der Waals surface area contributed by atoms with Gasteiger partial charge in [-0.05, 0) is 5.56 Å². The Morgan fingerprint density at radius 3 is 2.61 bits per heavy atom. The molecule has 0 aliphatic carbocycles. The van der Waals surface area contributed by atoms with Gasteiger partial charge in [0.1, 0.15) is 6.33 Å². The second kappa shape index (κ2) is 5.37. The molecule has 0 bridgehead atoms. The molecule has 18 heavy (non-hydrogen) atoms. The molecular formula is C11H13N5O2. The van der Waals surface area contributed by atoms with E-state index >= 15 is 0 Å². The number of aromatic nitrogens is 3. The van der Waals surface area contributed by atoms with Crippen molar-refractivity contribution >= 4 is 5.69 Å². The van der Waals surface area contributed by atoms with Crippen LogP contribution in [-0.4, -0.2) is 19.7 Å². The average molecular weight is 247 g/mol. The predicted molar refractivity (Wildman–Crippen MR) is 64.6 cm³/mol. The van der Waals surface area contributed by atoms with Gasteiger partial charge in [0, 0.05) is 25.7 Å². The molecule has 0 radical (unpaired) electrons. The third-order valence-electron chi connectivity index (χ3n) is 2.41. The fraction of sp³-hybridized carbons (Fsp3) is 0.273. The molecule has 2 aromatic rings. The summed E-state index contributed by atoms with van der Waals surface area (Å²) in [5.74, 6) is 0.722. The molecule has 7 nitrogen and oxygen atoms in total. The Morgan fingerprint density at radius 1 is 1.33 bits per heavy atom. The molecule has 0 saturated heterocycles. The average Bonchev–Trinajstić information content (AvgIpc) is 2.76. The summed E-state index contributed by atoms with van der Waals surface area (Å²) in [5, 5.41) is 17.8. The zero-order chi connectivity index (χ0) is 13.0. The van der Waals surface area contributed by atoms with Crippen molar-refractivity contribution in [3.8, 4) is 0 Å². The summed E-state index contributed by atoms with van der Waals surface area (Å²) in [6.45, 7) is 1.19. The second-order valence-electron chi connectivity index (χ2n) is 3.86. The van der Waals surface area contributed by atoms with Crippen LogP contribution in [0.1, 0.15) is 11.4 Å². The number of non-ortho nitro benzene ring substituents is 1. The Kier molecular flexibility index (Phi) is 3.63. The van der Waals surface area contributed by atoms with Crippen LogP contribution >= 0.6 is 0 Å². The van der Waals surface area contributed by atoms with Crippen LogP contribution in [0.15, 0.2) is 30.6 Å². The van der Waals surface area contributed by atoms with Crippen molar-refractivity contribution < 1.29 is 4.92 Å². The minimum atomic E-state index is -0.408. The number of benzene rings is 1. The molecule has 7 heteroatoms. The van der Waals surface area contributed by atoms with E-state index in [1.807, 2.05) is 7.05 Å². The van der Waals surface area contributed by atoms with Crippen LogP contribution in [0.5, 0.6) is 0 Å². The molecule has 1 aromatic heterocycles. The molecule has 1 heterocycles. The highest BCUT2D eigenvalue weighted by atomic mass is 16.6. The van der Waals surface area contributed by atoms with Gasteiger partial charge >= 0.3 is 0 Å². The highest BCUT2D eigenvalue weighted by molar-refractivity contribution is 5.32. The first-order valence-electron chi connectivity index (χ1n) is 5.44. The Hall–Kier alpha value is -2.28. The number of nitrogens with one attached hydrogen (secondary N) is 1. The van der Waals surface area contributed by atoms with E-state index in [2.05, 4.69) is 15.4 Å². The second-order valence-corrected chi connectivity index (χ2v) is 3.86. The first kappa shape index (κ1) is 12.2. The molecule has 0 saturated carbocycles. The van der Waals surface area contributed by atoms with Crippen LogP contribution in [0.25, 0.3) is 0 Å². The monoisotopic (exact) mass is 247 g/mol. The van der Waals surface area contributed by atoms with Gasteiger partial charge in [-0.2, -0.15) is 5.10 Å². The van der Waals surface area contributed by atoms with Crippen LogP contribution in [0.3, 0.4) is 0 Å². The van der Waals surface area contributed by atoms with Gasteiger partial charge in [-0.25, -0.2) is 4.98 Å². The number of rotatable bonds is 5. The van der Waals surface area contributed by atoms with Gasteiger partial charge in [0.25, 0.3) is 5.69 Å². The lowest BCUT2D eigenvalue weighted by Crippen LogP contribution is -2.14. The first-order valence-corrected chi connectivity index (χ1v) is 5.44. The van der Waals surface area contributed by atoms with Crippen LogP contribution in [-0.2, 0) is 20.1 Å². The predicted octanol–water partition coefficient (Wildman–Crippen LogP) is 1.01. The number of hydrogen-bond acceptors (Lipinski definition) is 5. The Balaban J connectivity index is 1.85. The lowest BCUT2D eigenvalue weighted by Gasteiger charge is -2.02. The zero-order valence-corrected chi connectivity index (χ0v) is 9.91. The van der Waals surface area contributed by atoms with Gasteiger partial charge in [0.15, 0.2) is 5.82 Å². The molecule has 0 fully saturated rings. The van der Waals surface area contributed by atoms with Gasteiger partial charge in [-0.1, -0.05) is 12.1 Å². The van der Waals surface area contributed by atoms with E-state index in [1.54, 1.807) is 23.1 Å². The molecule has 94 valence electrons. The summed E-state index contributed by atoms with van der Waals surface area (Å²) in [6.07, 6.45) is 1.64. The highest BCUT2D eigenvalue weighted by Crippen LogP contribution is 2.11. The summed E-state index contributed by atoms with van der Waals surface area (Å²) in [7, 11) is 1.81. The van der Waals surface area contributed by atoms with Gasteiger partial charge in [-0.3, -0.25) is 14.8 Å². The first-order chi connectivity index (χ1) is 8.65. The van der Waals surface area contributed by atoms with Crippen LogP contribution in [0.4, 0.5) is 5.69 Å². The zero-order valence-electron chi connectivity index (χ0n) is 9.91. The van der Waals surface area contributed by atoms with Crippen LogP contribution in [0, 0.1) is 10.1 Å². The van der Waals surface area contributed by atoms with Crippen molar-refractivity contribution in [3.63, 3.8) is 0 Å². The maximum atomic E-state index is 10.5. The highest BCUT2D eigenvalue weighted by Gasteiger charge is 2.04. The fourth-order valence-electron chi connectivity index (χ4n) is 1.52. The summed E-state index contributed by atoms with van der Waals surface area (Å²) >= 11 is 0. The maximum Gasteiger partial charge on any atom is 0.269 e. The minimum Gasteiger partial charge on any atom is -0.306 e. The number of aryl methyl sites for hydroxylation is 1. The maximum absolute atomic E-state index is 10.5. The molecule has 1 N–H and O–H groups in total. The van der Waals surface area contributed by atoms with E-state index in [-0.39, 0.29) is 5.69 Å². The summed E-state index contributed by atoms with van der Waals surface area (Å²) < 4.78 is 1.64. The van der Waals surface area contributed by atoms with Gasteiger partial charge < -0.3 is 5.32 Å². The molecule has 0 spiro atoms. The third-order valence-corrected chi connectivity index (χ3v) is 2.41. The molecule has 0 unspecified atom stereocenters. The Bertz CT molecular complexity index is 535. The van der Waals surface area contributed by atoms with Crippen LogP contribution < -0.4 is 5.32 Å². The lowest BCUT2D eigenvalue weighted by atomic mass is 10.2. The van der Waals surface area contributed by atoms with Gasteiger partial charge in [0.2, 0.25) is 0 Å². The fourth-order valence-corrected chi connectivity index (χ4v) is 1.52. The molecule has 0 aliphatic rings. The van der Waals surface area contributed by atoms with E-state index < -0.39 is 4.92 Å². The number of hydrogen-bond donors (Lipinski definition) is 1. The lowest BCUT2D eigenvalue weighted by molar-refractivity contribution is -0.384. The summed E-state index contributed by atoms with van der Waals surface area (Å²) in [6, 6.07) is 6.46. The van der Waals surface area contributed by atoms with Crippen molar-refractivity contribution in [3.05, 3.63) is 52.1 Å². The third kappa shape index (κ3) is 3.11. The van der Waals surface area contributed by atoms with Crippen molar-refractivity contribution in [2.45, 2.75) is 13.1 Å². The van der Waals surface area contributed by atoms with Gasteiger partial charge in [0.05, 0.1) is 11.5 Å². The summed E-state index contributed by atoms with van der Waals surface area (Å²) in [4.78, 5) is 14.2. The largest absolute Gasteiger partial charge is 0.306 e. The molecular weight excluding hydrogens is 234 g/mol. The molecule has 2 rings (SSSR count). The van der Waals surface area contributed by atoms with E-state index in [1.165, 1.54) is 12.1 Å². The van der Waals surface area contributed by atoms with Crippen molar-refractivity contribution in [1.82, 2.24) is 20.1 Å². The van der Waals surface area contributed by atoms with E-state index in [0.717, 1.165) is 11.4 Å². The van der Waals surface area contributed by atoms with E-state index in [9.17, 15) is 10.1 Å². The van der Waals surface area contributed by atoms with E-state index in [0.29, 0.717) is 13.1 Å². The smallest absolute Gasteiger partial charge is 0.269 e. The van der Waals surface area contributed by atoms with Crippen molar-refractivity contribution in [2.75, 3.05) is 0 Å². The topological polar surface area (TPSA) is 85.9 Å². The van der Waals surface area contributed by atoms with Crippen molar-refractivity contribution in [1.29, 1.82) is 0 Å². The van der Waals surface area contributed by atoms with Gasteiger partial charge in [-0.15, -0.1) is 0 Å².